The fourth-order valence-electron chi connectivity index (χ4n) is 4.26. The van der Waals surface area contributed by atoms with Gasteiger partial charge in [-0.25, -0.2) is 0 Å². The van der Waals surface area contributed by atoms with Gasteiger partial charge in [-0.2, -0.15) is 0 Å². The Hall–Kier alpha value is -0.0800. The summed E-state index contributed by atoms with van der Waals surface area (Å²) in [4.78, 5) is 2.58. The van der Waals surface area contributed by atoms with Gasteiger partial charge in [-0.1, -0.05) is 51.4 Å². The van der Waals surface area contributed by atoms with Gasteiger partial charge >= 0.3 is 0 Å². The Morgan fingerprint density at radius 3 is 2.00 bits per heavy atom. The van der Waals surface area contributed by atoms with Gasteiger partial charge in [0.15, 0.2) is 0 Å². The van der Waals surface area contributed by atoms with E-state index in [1.807, 2.05) is 0 Å². The van der Waals surface area contributed by atoms with Crippen LogP contribution in [0.2, 0.25) is 0 Å². The lowest BCUT2D eigenvalue weighted by molar-refractivity contribution is 0.0787. The number of hydrogen-bond acceptors (Lipinski definition) is 2. The highest BCUT2D eigenvalue weighted by molar-refractivity contribution is 4.82. The summed E-state index contributed by atoms with van der Waals surface area (Å²) in [5.41, 5.74) is 0. The summed E-state index contributed by atoms with van der Waals surface area (Å²) < 4.78 is 0. The maximum atomic E-state index is 10.3. The largest absolute Gasteiger partial charge is 0.393 e. The number of nitrogens with zero attached hydrogens (tertiary/aromatic N) is 1. The van der Waals surface area contributed by atoms with Crippen molar-refractivity contribution in [3.63, 3.8) is 0 Å². The lowest BCUT2D eigenvalue weighted by Gasteiger charge is -2.36. The van der Waals surface area contributed by atoms with Crippen LogP contribution in [0.15, 0.2) is 0 Å². The molecule has 1 saturated heterocycles. The van der Waals surface area contributed by atoms with Crippen LogP contribution in [-0.4, -0.2) is 35.7 Å². The molecule has 118 valence electrons. The van der Waals surface area contributed by atoms with Gasteiger partial charge in [-0.15, -0.1) is 0 Å². The summed E-state index contributed by atoms with van der Waals surface area (Å²) in [5.74, 6) is 0.825. The van der Waals surface area contributed by atoms with Crippen molar-refractivity contribution < 1.29 is 5.11 Å². The van der Waals surface area contributed by atoms with Gasteiger partial charge in [0, 0.05) is 6.04 Å². The van der Waals surface area contributed by atoms with Crippen LogP contribution in [0.4, 0.5) is 0 Å². The minimum Gasteiger partial charge on any atom is -0.393 e. The molecule has 20 heavy (non-hydrogen) atoms. The average Bonchev–Trinajstić information content (AvgIpc) is 2.61. The topological polar surface area (TPSA) is 23.5 Å². The first-order valence-corrected chi connectivity index (χ1v) is 9.15. The number of aliphatic hydroxyl groups excluding tert-OH is 1. The summed E-state index contributed by atoms with van der Waals surface area (Å²) in [6.07, 6.45) is 17.1. The molecule has 1 N–H and O–H groups in total. The van der Waals surface area contributed by atoms with Crippen LogP contribution in [0.5, 0.6) is 0 Å². The van der Waals surface area contributed by atoms with E-state index in [0.717, 1.165) is 18.8 Å². The van der Waals surface area contributed by atoms with Crippen LogP contribution in [0.1, 0.15) is 83.5 Å². The van der Waals surface area contributed by atoms with Gasteiger partial charge in [-0.05, 0) is 51.6 Å². The third-order valence-electron chi connectivity index (χ3n) is 5.57. The van der Waals surface area contributed by atoms with Crippen molar-refractivity contribution in [3.05, 3.63) is 0 Å². The molecule has 0 spiro atoms. The fraction of sp³-hybridized carbons (Fsp3) is 1.00. The molecule has 0 aromatic carbocycles. The second-order valence-electron chi connectivity index (χ2n) is 7.25. The zero-order chi connectivity index (χ0) is 14.2. The van der Waals surface area contributed by atoms with Gasteiger partial charge in [0.1, 0.15) is 0 Å². The minimum absolute atomic E-state index is 0.0619. The van der Waals surface area contributed by atoms with Crippen molar-refractivity contribution in [2.45, 2.75) is 95.6 Å². The van der Waals surface area contributed by atoms with Crippen LogP contribution in [0.3, 0.4) is 0 Å². The summed E-state index contributed by atoms with van der Waals surface area (Å²) in [6.45, 7) is 1.23. The monoisotopic (exact) mass is 281 g/mol. The molecule has 2 aliphatic rings. The van der Waals surface area contributed by atoms with E-state index in [4.69, 9.17) is 0 Å². The summed E-state index contributed by atoms with van der Waals surface area (Å²) >= 11 is 0. The van der Waals surface area contributed by atoms with Crippen molar-refractivity contribution in [2.24, 2.45) is 5.92 Å². The third-order valence-corrected chi connectivity index (χ3v) is 5.57. The first kappa shape index (κ1) is 16.3. The Morgan fingerprint density at radius 1 is 0.750 bits per heavy atom. The quantitative estimate of drug-likeness (QED) is 0.772. The van der Waals surface area contributed by atoms with Crippen LogP contribution >= 0.6 is 0 Å². The highest BCUT2D eigenvalue weighted by Crippen LogP contribution is 2.30. The second kappa shape index (κ2) is 9.04. The molecular formula is C18H35NO. The lowest BCUT2D eigenvalue weighted by atomic mass is 9.85. The molecule has 2 nitrogen and oxygen atoms in total. The molecule has 1 heterocycles. The molecule has 2 heteroatoms. The number of aliphatic hydroxyl groups is 1. The van der Waals surface area contributed by atoms with E-state index in [-0.39, 0.29) is 6.10 Å². The number of hydrogen-bond donors (Lipinski definition) is 1. The molecular weight excluding hydrogens is 246 g/mol. The van der Waals surface area contributed by atoms with Crippen molar-refractivity contribution in [1.82, 2.24) is 4.90 Å². The van der Waals surface area contributed by atoms with E-state index < -0.39 is 0 Å². The first-order valence-electron chi connectivity index (χ1n) is 9.15. The molecule has 1 saturated carbocycles. The molecule has 2 fully saturated rings. The zero-order valence-corrected chi connectivity index (χ0v) is 13.5. The summed E-state index contributed by atoms with van der Waals surface area (Å²) in [5, 5.41) is 10.3. The van der Waals surface area contributed by atoms with E-state index in [0.29, 0.717) is 6.04 Å². The van der Waals surface area contributed by atoms with Gasteiger partial charge in [0.05, 0.1) is 6.10 Å². The molecule has 1 aliphatic carbocycles. The molecule has 0 aromatic heterocycles. The zero-order valence-electron chi connectivity index (χ0n) is 13.5. The second-order valence-corrected chi connectivity index (χ2v) is 7.25. The minimum atomic E-state index is -0.0619. The van der Waals surface area contributed by atoms with E-state index in [1.165, 1.54) is 77.2 Å². The van der Waals surface area contributed by atoms with Crippen LogP contribution < -0.4 is 0 Å². The molecule has 2 atom stereocenters. The molecule has 1 aliphatic heterocycles. The summed E-state index contributed by atoms with van der Waals surface area (Å²) in [6, 6.07) is 0.626. The molecule has 0 amide bonds. The number of rotatable bonds is 1. The standard InChI is InChI=1S/C18H35NO/c1-19-14-10-6-9-13-17(20)15-18(19)16-11-7-4-2-3-5-8-12-16/h16-18,20H,2-15H2,1H3. The Labute approximate surface area is 125 Å². The molecule has 2 rings (SSSR count). The van der Waals surface area contributed by atoms with Crippen molar-refractivity contribution >= 4 is 0 Å². The van der Waals surface area contributed by atoms with Crippen LogP contribution in [-0.2, 0) is 0 Å². The molecule has 0 radical (unpaired) electrons. The third kappa shape index (κ3) is 5.37. The normalized spacial score (nSPS) is 33.3. The Kier molecular flexibility index (Phi) is 7.37. The van der Waals surface area contributed by atoms with Crippen molar-refractivity contribution in [2.75, 3.05) is 13.6 Å². The predicted molar refractivity (Wildman–Crippen MR) is 85.9 cm³/mol. The summed E-state index contributed by atoms with van der Waals surface area (Å²) in [7, 11) is 2.30. The Balaban J connectivity index is 1.98. The maximum absolute atomic E-state index is 10.3. The van der Waals surface area contributed by atoms with E-state index >= 15 is 0 Å². The Bertz CT molecular complexity index is 246. The van der Waals surface area contributed by atoms with Crippen LogP contribution in [0, 0.1) is 5.92 Å². The predicted octanol–water partition coefficient (Wildman–Crippen LogP) is 4.36. The van der Waals surface area contributed by atoms with Gasteiger partial charge in [0.2, 0.25) is 0 Å². The Morgan fingerprint density at radius 2 is 1.30 bits per heavy atom. The van der Waals surface area contributed by atoms with Crippen molar-refractivity contribution in [1.29, 1.82) is 0 Å². The highest BCUT2D eigenvalue weighted by atomic mass is 16.3. The van der Waals surface area contributed by atoms with Crippen LogP contribution in [0.25, 0.3) is 0 Å². The van der Waals surface area contributed by atoms with Gasteiger partial charge < -0.3 is 10.0 Å². The maximum Gasteiger partial charge on any atom is 0.0555 e. The highest BCUT2D eigenvalue weighted by Gasteiger charge is 2.28. The van der Waals surface area contributed by atoms with E-state index in [2.05, 4.69) is 11.9 Å². The average molecular weight is 281 g/mol. The SMILES string of the molecule is CN1CCCCCC(O)CC1C1CCCCCCCC1. The van der Waals surface area contributed by atoms with Gasteiger partial charge in [-0.3, -0.25) is 0 Å². The van der Waals surface area contributed by atoms with Gasteiger partial charge in [0.25, 0.3) is 0 Å². The molecule has 0 aromatic rings. The smallest absolute Gasteiger partial charge is 0.0555 e. The lowest BCUT2D eigenvalue weighted by Crippen LogP contribution is -2.40. The fourth-order valence-corrected chi connectivity index (χ4v) is 4.26. The van der Waals surface area contributed by atoms with E-state index in [1.54, 1.807) is 0 Å². The van der Waals surface area contributed by atoms with Crippen molar-refractivity contribution in [3.8, 4) is 0 Å². The van der Waals surface area contributed by atoms with E-state index in [9.17, 15) is 5.11 Å². The molecule has 2 unspecified atom stereocenters. The first-order chi connectivity index (χ1) is 9.77. The molecule has 0 bridgehead atoms.